The molecule has 1 fully saturated rings. The molecule has 1 nitrogen and oxygen atoms in total. The molecule has 0 aromatic heterocycles. The van der Waals surface area contributed by atoms with E-state index < -0.39 is 0 Å². The van der Waals surface area contributed by atoms with Crippen molar-refractivity contribution in [1.82, 2.24) is 0 Å². The van der Waals surface area contributed by atoms with Crippen LogP contribution < -0.4 is 0 Å². The summed E-state index contributed by atoms with van der Waals surface area (Å²) in [5.74, 6) is 3.12. The number of benzene rings is 1. The van der Waals surface area contributed by atoms with Gasteiger partial charge in [0.1, 0.15) is 0 Å². The number of rotatable bonds is 2. The molecule has 3 heteroatoms. The predicted octanol–water partition coefficient (Wildman–Crippen LogP) is 2.17. The van der Waals surface area contributed by atoms with Gasteiger partial charge in [0.15, 0.2) is 0 Å². The van der Waals surface area contributed by atoms with Gasteiger partial charge in [-0.05, 0) is 0 Å². The van der Waals surface area contributed by atoms with Crippen LogP contribution in [-0.4, -0.2) is 27.7 Å². The first-order valence-electron chi connectivity index (χ1n) is 4.34. The summed E-state index contributed by atoms with van der Waals surface area (Å²) in [4.78, 5) is 3.18. The van der Waals surface area contributed by atoms with Gasteiger partial charge in [-0.15, -0.1) is 0 Å². The second-order valence-corrected chi connectivity index (χ2v) is 5.17. The van der Waals surface area contributed by atoms with E-state index in [0.29, 0.717) is 21.1 Å². The molecule has 1 aromatic carbocycles. The maximum absolute atomic E-state index is 5.76. The minimum atomic E-state index is 0.390. The maximum atomic E-state index is 5.76. The summed E-state index contributed by atoms with van der Waals surface area (Å²) < 4.78 is 5.11. The molecule has 1 saturated heterocycles. The van der Waals surface area contributed by atoms with Gasteiger partial charge in [-0.2, -0.15) is 0 Å². The summed E-state index contributed by atoms with van der Waals surface area (Å²) in [6.45, 7) is 0.935. The molecule has 1 heterocycles. The molecule has 0 spiro atoms. The van der Waals surface area contributed by atoms with Crippen LogP contribution in [0.25, 0.3) is 0 Å². The third-order valence-corrected chi connectivity index (χ3v) is 3.68. The molecule has 2 rings (SSSR count). The fourth-order valence-electron chi connectivity index (χ4n) is 0.927. The first-order valence-corrected chi connectivity index (χ1v) is 6.79. The number of halogens is 1. The van der Waals surface area contributed by atoms with Crippen LogP contribution in [0.1, 0.15) is 5.56 Å². The molecular weight excluding hydrogens is 263 g/mol. The van der Waals surface area contributed by atoms with Crippen LogP contribution in [0.15, 0.2) is 24.3 Å². The first-order chi connectivity index (χ1) is 6.84. The van der Waals surface area contributed by atoms with Crippen LogP contribution in [0, 0.1) is 10.7 Å². The number of hydrogen-bond acceptors (Lipinski definition) is 1. The number of epoxide rings is 1. The number of ether oxygens (including phenoxy) is 1. The standard InChI is InChI=1S/C11H9ClOSe/c12-10-3-1-9(2-4-10)5-6-14-8-11-7-13-11/h1-4,11H,7-8H2. The summed E-state index contributed by atoms with van der Waals surface area (Å²) in [5, 5.41) is 1.88. The van der Waals surface area contributed by atoms with Gasteiger partial charge in [-0.3, -0.25) is 0 Å². The van der Waals surface area contributed by atoms with E-state index in [2.05, 4.69) is 10.7 Å². The van der Waals surface area contributed by atoms with E-state index in [0.717, 1.165) is 22.5 Å². The Morgan fingerprint density at radius 1 is 1.43 bits per heavy atom. The molecule has 1 aromatic rings. The molecule has 0 aliphatic carbocycles. The Balaban J connectivity index is 1.85. The Morgan fingerprint density at radius 3 is 2.79 bits per heavy atom. The van der Waals surface area contributed by atoms with E-state index in [4.69, 9.17) is 16.3 Å². The van der Waals surface area contributed by atoms with Crippen LogP contribution >= 0.6 is 11.6 Å². The predicted molar refractivity (Wildman–Crippen MR) is 58.6 cm³/mol. The van der Waals surface area contributed by atoms with Crippen molar-refractivity contribution in [2.75, 3.05) is 6.61 Å². The Hall–Kier alpha value is -0.451. The molecule has 1 aliphatic heterocycles. The molecule has 1 unspecified atom stereocenters. The van der Waals surface area contributed by atoms with Crippen LogP contribution in [0.4, 0.5) is 0 Å². The van der Waals surface area contributed by atoms with Gasteiger partial charge in [0, 0.05) is 0 Å². The molecule has 0 N–H and O–H groups in total. The SMILES string of the molecule is Clc1ccc(C#C[Se]CC2CO2)cc1. The van der Waals surface area contributed by atoms with Crippen LogP contribution in [0.3, 0.4) is 0 Å². The van der Waals surface area contributed by atoms with Crippen LogP contribution in [0.5, 0.6) is 0 Å². The summed E-state index contributed by atoms with van der Waals surface area (Å²) in [7, 11) is 0. The van der Waals surface area contributed by atoms with Gasteiger partial charge < -0.3 is 0 Å². The minimum absolute atomic E-state index is 0.390. The van der Waals surface area contributed by atoms with E-state index in [1.54, 1.807) is 0 Å². The third kappa shape index (κ3) is 3.36. The second kappa shape index (κ2) is 4.87. The average Bonchev–Trinajstić information content (AvgIpc) is 2.99. The van der Waals surface area contributed by atoms with Gasteiger partial charge >= 0.3 is 94.9 Å². The van der Waals surface area contributed by atoms with Crippen molar-refractivity contribution in [3.8, 4) is 10.7 Å². The van der Waals surface area contributed by atoms with Crippen molar-refractivity contribution in [2.24, 2.45) is 0 Å². The van der Waals surface area contributed by atoms with Gasteiger partial charge in [0.05, 0.1) is 0 Å². The quantitative estimate of drug-likeness (QED) is 0.456. The second-order valence-electron chi connectivity index (χ2n) is 3.00. The van der Waals surface area contributed by atoms with E-state index >= 15 is 0 Å². The van der Waals surface area contributed by atoms with E-state index in [-0.39, 0.29) is 0 Å². The van der Waals surface area contributed by atoms with Gasteiger partial charge in [-0.1, -0.05) is 0 Å². The topological polar surface area (TPSA) is 12.5 Å². The van der Waals surface area contributed by atoms with Gasteiger partial charge in [-0.25, -0.2) is 0 Å². The molecule has 0 saturated carbocycles. The Morgan fingerprint density at radius 2 is 2.14 bits per heavy atom. The third-order valence-electron chi connectivity index (χ3n) is 1.78. The van der Waals surface area contributed by atoms with Crippen molar-refractivity contribution in [3.05, 3.63) is 34.9 Å². The molecule has 0 bridgehead atoms. The van der Waals surface area contributed by atoms with Crippen LogP contribution in [-0.2, 0) is 4.74 Å². The number of hydrogen-bond donors (Lipinski definition) is 0. The molecular formula is C11H9ClOSe. The zero-order chi connectivity index (χ0) is 9.80. The fraction of sp³-hybridized carbons (Fsp3) is 0.273. The van der Waals surface area contributed by atoms with E-state index in [1.165, 1.54) is 0 Å². The molecule has 0 radical (unpaired) electrons. The van der Waals surface area contributed by atoms with Gasteiger partial charge in [0.2, 0.25) is 0 Å². The van der Waals surface area contributed by atoms with E-state index in [1.807, 2.05) is 24.3 Å². The van der Waals surface area contributed by atoms with Crippen molar-refractivity contribution in [2.45, 2.75) is 11.4 Å². The van der Waals surface area contributed by atoms with Crippen molar-refractivity contribution in [1.29, 1.82) is 0 Å². The van der Waals surface area contributed by atoms with Crippen molar-refractivity contribution in [3.63, 3.8) is 0 Å². The van der Waals surface area contributed by atoms with Crippen molar-refractivity contribution < 1.29 is 4.74 Å². The monoisotopic (exact) mass is 272 g/mol. The zero-order valence-corrected chi connectivity index (χ0v) is 9.96. The van der Waals surface area contributed by atoms with Crippen LogP contribution in [0.2, 0.25) is 10.3 Å². The van der Waals surface area contributed by atoms with E-state index in [9.17, 15) is 0 Å². The van der Waals surface area contributed by atoms with Crippen molar-refractivity contribution >= 4 is 26.6 Å². The fourth-order valence-corrected chi connectivity index (χ4v) is 2.42. The molecule has 0 amide bonds. The zero-order valence-electron chi connectivity index (χ0n) is 7.50. The summed E-state index contributed by atoms with van der Waals surface area (Å²) in [6.07, 6.45) is 0.509. The molecule has 1 aliphatic rings. The summed E-state index contributed by atoms with van der Waals surface area (Å²) in [6, 6.07) is 7.61. The Labute approximate surface area is 94.9 Å². The normalized spacial score (nSPS) is 18.5. The molecule has 72 valence electrons. The molecule has 1 atom stereocenters. The average molecular weight is 272 g/mol. The molecule has 14 heavy (non-hydrogen) atoms. The Bertz CT molecular complexity index is 359. The summed E-state index contributed by atoms with van der Waals surface area (Å²) >= 11 is 6.15. The first kappa shape index (κ1) is 10.1. The summed E-state index contributed by atoms with van der Waals surface area (Å²) in [5.41, 5.74) is 1.04. The van der Waals surface area contributed by atoms with Gasteiger partial charge in [0.25, 0.3) is 0 Å². The Kier molecular flexibility index (Phi) is 3.50.